The van der Waals surface area contributed by atoms with E-state index in [9.17, 15) is 4.79 Å². The molecule has 31 heavy (non-hydrogen) atoms. The van der Waals surface area contributed by atoms with Gasteiger partial charge < -0.3 is 14.6 Å². The molecule has 4 nitrogen and oxygen atoms in total. The van der Waals surface area contributed by atoms with E-state index in [-0.39, 0.29) is 5.92 Å². The minimum absolute atomic E-state index is 0.209. The van der Waals surface area contributed by atoms with Gasteiger partial charge in [0.15, 0.2) is 0 Å². The summed E-state index contributed by atoms with van der Waals surface area (Å²) in [5.41, 5.74) is 6.03. The number of aryl methyl sites for hydroxylation is 1. The smallest absolute Gasteiger partial charge is 0.328 e. The van der Waals surface area contributed by atoms with Crippen LogP contribution in [-0.4, -0.2) is 25.3 Å². The van der Waals surface area contributed by atoms with E-state index in [0.717, 1.165) is 36.0 Å². The van der Waals surface area contributed by atoms with Crippen LogP contribution < -0.4 is 9.47 Å². The van der Waals surface area contributed by atoms with Gasteiger partial charge in [-0.05, 0) is 76.9 Å². The number of aliphatic carboxylic acids is 1. The van der Waals surface area contributed by atoms with Crippen LogP contribution in [0.15, 0.2) is 72.8 Å². The van der Waals surface area contributed by atoms with Crippen molar-refractivity contribution in [2.75, 3.05) is 14.2 Å². The van der Waals surface area contributed by atoms with Gasteiger partial charge in [-0.2, -0.15) is 0 Å². The number of carboxylic acid groups (broad SMARTS) is 1. The highest BCUT2D eigenvalue weighted by Crippen LogP contribution is 2.47. The quantitative estimate of drug-likeness (QED) is 0.529. The number of carboxylic acids is 1. The number of hydrogen-bond donors (Lipinski definition) is 1. The van der Waals surface area contributed by atoms with Crippen molar-refractivity contribution >= 4 is 12.0 Å². The molecule has 3 aromatic carbocycles. The van der Waals surface area contributed by atoms with Gasteiger partial charge in [-0.15, -0.1) is 0 Å². The summed E-state index contributed by atoms with van der Waals surface area (Å²) in [5, 5.41) is 8.88. The molecule has 0 amide bonds. The van der Waals surface area contributed by atoms with E-state index in [1.165, 1.54) is 22.3 Å². The van der Waals surface area contributed by atoms with Gasteiger partial charge in [-0.3, -0.25) is 0 Å². The van der Waals surface area contributed by atoms with Gasteiger partial charge in [-0.25, -0.2) is 4.79 Å². The number of benzene rings is 3. The third-order valence-corrected chi connectivity index (χ3v) is 6.07. The minimum atomic E-state index is -0.946. The fourth-order valence-corrected chi connectivity index (χ4v) is 4.53. The molecule has 4 heteroatoms. The molecule has 0 fully saturated rings. The molecule has 4 rings (SSSR count). The van der Waals surface area contributed by atoms with Gasteiger partial charge in [0.05, 0.1) is 14.2 Å². The zero-order valence-electron chi connectivity index (χ0n) is 17.7. The first-order valence-electron chi connectivity index (χ1n) is 10.4. The SMILES string of the molecule is COc1ccc([C@H]2CCc3cc(OC)ccc3[C@H]2c2ccc(C=CC(=O)O)cc2)cc1. The topological polar surface area (TPSA) is 55.8 Å². The molecule has 0 saturated heterocycles. The molecule has 0 aromatic heterocycles. The maximum absolute atomic E-state index is 10.8. The van der Waals surface area contributed by atoms with Gasteiger partial charge in [0.2, 0.25) is 0 Å². The lowest BCUT2D eigenvalue weighted by atomic mass is 9.69. The molecular formula is C27H26O4. The van der Waals surface area contributed by atoms with Gasteiger partial charge in [0.25, 0.3) is 0 Å². The van der Waals surface area contributed by atoms with E-state index < -0.39 is 5.97 Å². The van der Waals surface area contributed by atoms with Crippen molar-refractivity contribution in [3.05, 3.63) is 101 Å². The van der Waals surface area contributed by atoms with E-state index in [4.69, 9.17) is 14.6 Å². The summed E-state index contributed by atoms with van der Waals surface area (Å²) >= 11 is 0. The number of hydrogen-bond acceptors (Lipinski definition) is 3. The molecule has 0 radical (unpaired) electrons. The normalized spacial score (nSPS) is 17.9. The van der Waals surface area contributed by atoms with Crippen molar-refractivity contribution in [2.45, 2.75) is 24.7 Å². The molecule has 3 aromatic rings. The molecule has 158 valence electrons. The standard InChI is InChI=1S/C27H26O4/c1-30-22-11-8-19(9-12-22)24-14-10-21-17-23(31-2)13-15-25(21)27(24)20-6-3-18(4-7-20)5-16-26(28)29/h3-9,11-13,15-17,24,27H,10,14H2,1-2H3,(H,28,29)/t24-,27+/m1/s1. The van der Waals surface area contributed by atoms with Crippen molar-refractivity contribution < 1.29 is 19.4 Å². The Morgan fingerprint density at radius 2 is 1.55 bits per heavy atom. The average molecular weight is 415 g/mol. The van der Waals surface area contributed by atoms with Crippen LogP contribution in [0.3, 0.4) is 0 Å². The lowest BCUT2D eigenvalue weighted by Crippen LogP contribution is -2.20. The highest BCUT2D eigenvalue weighted by Gasteiger charge is 2.32. The van der Waals surface area contributed by atoms with Crippen LogP contribution in [0.5, 0.6) is 11.5 Å². The molecule has 2 atom stereocenters. The number of carbonyl (C=O) groups is 1. The van der Waals surface area contributed by atoms with Crippen molar-refractivity contribution in [2.24, 2.45) is 0 Å². The van der Waals surface area contributed by atoms with Crippen LogP contribution >= 0.6 is 0 Å². The molecule has 1 aliphatic carbocycles. The Labute approximate surface area is 182 Å². The van der Waals surface area contributed by atoms with Crippen molar-refractivity contribution in [3.8, 4) is 11.5 Å². The van der Waals surface area contributed by atoms with E-state index in [1.807, 2.05) is 30.3 Å². The highest BCUT2D eigenvalue weighted by molar-refractivity contribution is 5.85. The van der Waals surface area contributed by atoms with Crippen LogP contribution in [-0.2, 0) is 11.2 Å². The Morgan fingerprint density at radius 1 is 0.903 bits per heavy atom. The molecule has 0 unspecified atom stereocenters. The summed E-state index contributed by atoms with van der Waals surface area (Å²) < 4.78 is 10.8. The summed E-state index contributed by atoms with van der Waals surface area (Å²) in [4.78, 5) is 10.8. The molecule has 1 N–H and O–H groups in total. The molecule has 0 saturated carbocycles. The van der Waals surface area contributed by atoms with Crippen LogP contribution in [0, 0.1) is 0 Å². The van der Waals surface area contributed by atoms with Crippen molar-refractivity contribution in [1.29, 1.82) is 0 Å². The minimum Gasteiger partial charge on any atom is -0.497 e. The van der Waals surface area contributed by atoms with Crippen molar-refractivity contribution in [3.63, 3.8) is 0 Å². The predicted octanol–water partition coefficient (Wildman–Crippen LogP) is 5.66. The van der Waals surface area contributed by atoms with E-state index >= 15 is 0 Å². The van der Waals surface area contributed by atoms with Gasteiger partial charge in [0, 0.05) is 12.0 Å². The first-order valence-corrected chi connectivity index (χ1v) is 10.4. The zero-order chi connectivity index (χ0) is 21.8. The predicted molar refractivity (Wildman–Crippen MR) is 122 cm³/mol. The Kier molecular flexibility index (Phi) is 6.08. The lowest BCUT2D eigenvalue weighted by Gasteiger charge is -2.35. The number of ether oxygens (including phenoxy) is 2. The fourth-order valence-electron chi connectivity index (χ4n) is 4.53. The Balaban J connectivity index is 1.75. The largest absolute Gasteiger partial charge is 0.497 e. The fraction of sp³-hybridized carbons (Fsp3) is 0.222. The molecule has 1 aliphatic rings. The molecule has 0 spiro atoms. The number of methoxy groups -OCH3 is 2. The van der Waals surface area contributed by atoms with Gasteiger partial charge in [0.1, 0.15) is 11.5 Å². The summed E-state index contributed by atoms with van der Waals surface area (Å²) in [7, 11) is 3.38. The lowest BCUT2D eigenvalue weighted by molar-refractivity contribution is -0.131. The highest BCUT2D eigenvalue weighted by atomic mass is 16.5. The van der Waals surface area contributed by atoms with E-state index in [1.54, 1.807) is 20.3 Å². The van der Waals surface area contributed by atoms with Gasteiger partial charge in [-0.1, -0.05) is 42.5 Å². The summed E-state index contributed by atoms with van der Waals surface area (Å²) in [6.07, 6.45) is 4.82. The average Bonchev–Trinajstić information content (AvgIpc) is 2.82. The third-order valence-electron chi connectivity index (χ3n) is 6.07. The zero-order valence-corrected chi connectivity index (χ0v) is 17.7. The van der Waals surface area contributed by atoms with Crippen LogP contribution in [0.1, 0.15) is 46.1 Å². The van der Waals surface area contributed by atoms with Crippen LogP contribution in [0.2, 0.25) is 0 Å². The summed E-state index contributed by atoms with van der Waals surface area (Å²) in [6, 6.07) is 22.9. The first-order chi connectivity index (χ1) is 15.1. The number of fused-ring (bicyclic) bond motifs is 1. The third kappa shape index (κ3) is 4.48. The second-order valence-electron chi connectivity index (χ2n) is 7.80. The van der Waals surface area contributed by atoms with Gasteiger partial charge >= 0.3 is 5.97 Å². The Hall–Kier alpha value is -3.53. The van der Waals surface area contributed by atoms with Crippen molar-refractivity contribution in [1.82, 2.24) is 0 Å². The van der Waals surface area contributed by atoms with E-state index in [2.05, 4.69) is 36.4 Å². The molecular weight excluding hydrogens is 388 g/mol. The van der Waals surface area contributed by atoms with Crippen LogP contribution in [0.4, 0.5) is 0 Å². The molecule has 0 bridgehead atoms. The Bertz CT molecular complexity index is 1080. The maximum Gasteiger partial charge on any atom is 0.328 e. The van der Waals surface area contributed by atoms with E-state index in [0.29, 0.717) is 5.92 Å². The number of rotatable bonds is 6. The first kappa shape index (κ1) is 20.7. The summed E-state index contributed by atoms with van der Waals surface area (Å²) in [5.74, 6) is 1.34. The Morgan fingerprint density at radius 3 is 2.19 bits per heavy atom. The summed E-state index contributed by atoms with van der Waals surface area (Å²) in [6.45, 7) is 0. The molecule has 0 aliphatic heterocycles. The van der Waals surface area contributed by atoms with Crippen LogP contribution in [0.25, 0.3) is 6.08 Å². The second kappa shape index (κ2) is 9.09. The maximum atomic E-state index is 10.8. The monoisotopic (exact) mass is 414 g/mol. The second-order valence-corrected chi connectivity index (χ2v) is 7.80. The molecule has 0 heterocycles.